The molecule has 8 heteroatoms. The normalized spacial score (nSPS) is 13.1. The van der Waals surface area contributed by atoms with E-state index < -0.39 is 0 Å². The summed E-state index contributed by atoms with van der Waals surface area (Å²) in [5, 5.41) is 14.2. The molecule has 3 aromatic heterocycles. The fourth-order valence-electron chi connectivity index (χ4n) is 3.80. The first kappa shape index (κ1) is 25.5. The number of aromatic nitrogens is 4. The monoisotopic (exact) mass is 479 g/mol. The summed E-state index contributed by atoms with van der Waals surface area (Å²) in [6.45, 7) is 15.9. The van der Waals surface area contributed by atoms with Gasteiger partial charge in [-0.2, -0.15) is 5.10 Å². The van der Waals surface area contributed by atoms with E-state index in [0.717, 1.165) is 47.7 Å². The summed E-state index contributed by atoms with van der Waals surface area (Å²) < 4.78 is 0. The smallest absolute Gasteiger partial charge is 0.104 e. The SMILES string of the molecule is C=C(Nc1cn[nH]c1C(=C)Nc1ccc(CCCN2CCCC2)nc1)c1cncc(Cl)c1.CC. The van der Waals surface area contributed by atoms with Crippen molar-refractivity contribution in [3.8, 4) is 0 Å². The average Bonchev–Trinajstić information content (AvgIpc) is 3.54. The van der Waals surface area contributed by atoms with Crippen LogP contribution in [0.3, 0.4) is 0 Å². The van der Waals surface area contributed by atoms with Crippen LogP contribution >= 0.6 is 11.6 Å². The first-order valence-corrected chi connectivity index (χ1v) is 12.2. The Morgan fingerprint density at radius 2 is 1.85 bits per heavy atom. The number of nitrogens with one attached hydrogen (secondary N) is 3. The molecule has 4 heterocycles. The molecule has 1 saturated heterocycles. The predicted molar refractivity (Wildman–Crippen MR) is 143 cm³/mol. The molecular formula is C26H34ClN7. The molecule has 3 N–H and O–H groups in total. The number of pyridine rings is 2. The Kier molecular flexibility index (Phi) is 9.67. The van der Waals surface area contributed by atoms with Crippen molar-refractivity contribution < 1.29 is 0 Å². The van der Waals surface area contributed by atoms with E-state index in [9.17, 15) is 0 Å². The zero-order chi connectivity index (χ0) is 24.3. The standard InChI is InChI=1S/C24H28ClN7.C2H6/c1-17(19-12-20(25)14-26-13-19)30-23-16-28-31-24(23)18(2)29-22-8-7-21(27-15-22)6-5-11-32-9-3-4-10-32;1-2/h7-8,12-16,29-30H,1-6,9-11H2,(H,28,31);1-2H3. The second-order valence-electron chi connectivity index (χ2n) is 7.95. The van der Waals surface area contributed by atoms with Gasteiger partial charge in [0.15, 0.2) is 0 Å². The topological polar surface area (TPSA) is 81.8 Å². The molecule has 1 aliphatic heterocycles. The van der Waals surface area contributed by atoms with Crippen LogP contribution in [0, 0.1) is 0 Å². The van der Waals surface area contributed by atoms with Gasteiger partial charge < -0.3 is 15.5 Å². The molecule has 3 aromatic rings. The highest BCUT2D eigenvalue weighted by Gasteiger charge is 2.12. The maximum Gasteiger partial charge on any atom is 0.104 e. The summed E-state index contributed by atoms with van der Waals surface area (Å²) in [4.78, 5) is 11.2. The summed E-state index contributed by atoms with van der Waals surface area (Å²) in [5.74, 6) is 0. The van der Waals surface area contributed by atoms with Gasteiger partial charge in [0, 0.05) is 29.3 Å². The number of halogens is 1. The Morgan fingerprint density at radius 3 is 2.56 bits per heavy atom. The molecule has 1 fully saturated rings. The van der Waals surface area contributed by atoms with Crippen LogP contribution < -0.4 is 10.6 Å². The average molecular weight is 480 g/mol. The molecule has 0 aliphatic carbocycles. The van der Waals surface area contributed by atoms with Gasteiger partial charge >= 0.3 is 0 Å². The number of rotatable bonds is 10. The van der Waals surface area contributed by atoms with Crippen LogP contribution in [0.4, 0.5) is 11.4 Å². The van der Waals surface area contributed by atoms with Crippen LogP contribution in [-0.2, 0) is 6.42 Å². The number of H-pyrrole nitrogens is 1. The highest BCUT2D eigenvalue weighted by molar-refractivity contribution is 6.30. The van der Waals surface area contributed by atoms with Crippen molar-refractivity contribution in [3.05, 3.63) is 78.1 Å². The van der Waals surface area contributed by atoms with E-state index in [0.29, 0.717) is 16.4 Å². The molecule has 0 atom stereocenters. The number of aromatic amines is 1. The van der Waals surface area contributed by atoms with Crippen molar-refractivity contribution in [2.45, 2.75) is 39.5 Å². The molecule has 1 aliphatic rings. The Bertz CT molecular complexity index is 1070. The minimum Gasteiger partial charge on any atom is -0.353 e. The van der Waals surface area contributed by atoms with Gasteiger partial charge in [-0.15, -0.1) is 0 Å². The summed E-state index contributed by atoms with van der Waals surface area (Å²) in [5.41, 5.74) is 5.59. The van der Waals surface area contributed by atoms with Gasteiger partial charge in [0.25, 0.3) is 0 Å². The number of likely N-dealkylation sites (tertiary alicyclic amines) is 1. The Balaban J connectivity index is 0.00000158. The molecule has 7 nitrogen and oxygen atoms in total. The molecule has 0 unspecified atom stereocenters. The van der Waals surface area contributed by atoms with Crippen molar-refractivity contribution >= 4 is 34.4 Å². The first-order valence-electron chi connectivity index (χ1n) is 11.8. The zero-order valence-electron chi connectivity index (χ0n) is 20.1. The summed E-state index contributed by atoms with van der Waals surface area (Å²) in [6, 6.07) is 5.90. The van der Waals surface area contributed by atoms with Crippen LogP contribution in [-0.4, -0.2) is 44.7 Å². The minimum absolute atomic E-state index is 0.552. The van der Waals surface area contributed by atoms with Gasteiger partial charge in [-0.1, -0.05) is 38.6 Å². The third-order valence-corrected chi connectivity index (χ3v) is 5.71. The second-order valence-corrected chi connectivity index (χ2v) is 8.38. The second kappa shape index (κ2) is 12.9. The Morgan fingerprint density at radius 1 is 1.06 bits per heavy atom. The Labute approximate surface area is 207 Å². The maximum absolute atomic E-state index is 6.03. The van der Waals surface area contributed by atoms with Crippen LogP contribution in [0.15, 0.2) is 56.1 Å². The van der Waals surface area contributed by atoms with Gasteiger partial charge in [-0.05, 0) is 63.5 Å². The largest absolute Gasteiger partial charge is 0.353 e. The third-order valence-electron chi connectivity index (χ3n) is 5.51. The van der Waals surface area contributed by atoms with Crippen molar-refractivity contribution in [2.24, 2.45) is 0 Å². The van der Waals surface area contributed by atoms with Crippen LogP contribution in [0.5, 0.6) is 0 Å². The lowest BCUT2D eigenvalue weighted by molar-refractivity contribution is 0.333. The van der Waals surface area contributed by atoms with Crippen LogP contribution in [0.25, 0.3) is 11.4 Å². The van der Waals surface area contributed by atoms with E-state index in [4.69, 9.17) is 11.6 Å². The van der Waals surface area contributed by atoms with E-state index >= 15 is 0 Å². The highest BCUT2D eigenvalue weighted by Crippen LogP contribution is 2.25. The number of nitrogens with zero attached hydrogens (tertiary/aromatic N) is 4. The summed E-state index contributed by atoms with van der Waals surface area (Å²) in [7, 11) is 0. The van der Waals surface area contributed by atoms with Crippen molar-refractivity contribution in [3.63, 3.8) is 0 Å². The molecular weight excluding hydrogens is 446 g/mol. The molecule has 180 valence electrons. The zero-order valence-corrected chi connectivity index (χ0v) is 20.8. The van der Waals surface area contributed by atoms with Gasteiger partial charge in [0.2, 0.25) is 0 Å². The molecule has 0 amide bonds. The molecule has 0 spiro atoms. The number of hydrogen-bond donors (Lipinski definition) is 3. The van der Waals surface area contributed by atoms with E-state index in [1.807, 2.05) is 26.1 Å². The van der Waals surface area contributed by atoms with Crippen LogP contribution in [0.2, 0.25) is 5.02 Å². The summed E-state index contributed by atoms with van der Waals surface area (Å²) >= 11 is 6.03. The lowest BCUT2D eigenvalue weighted by atomic mass is 10.2. The predicted octanol–water partition coefficient (Wildman–Crippen LogP) is 6.07. The van der Waals surface area contributed by atoms with Crippen LogP contribution in [0.1, 0.15) is 50.1 Å². The number of aryl methyl sites for hydroxylation is 1. The molecule has 0 saturated carbocycles. The maximum atomic E-state index is 6.03. The van der Waals surface area contributed by atoms with Gasteiger partial charge in [-0.25, -0.2) is 0 Å². The molecule has 0 aromatic carbocycles. The molecule has 0 bridgehead atoms. The van der Waals surface area contributed by atoms with Gasteiger partial charge in [0.05, 0.1) is 34.5 Å². The van der Waals surface area contributed by atoms with E-state index in [2.05, 4.69) is 54.9 Å². The fraction of sp³-hybridized carbons (Fsp3) is 0.346. The van der Waals surface area contributed by atoms with E-state index in [1.54, 1.807) is 24.7 Å². The number of hydrogen-bond acceptors (Lipinski definition) is 6. The number of anilines is 2. The van der Waals surface area contributed by atoms with Crippen molar-refractivity contribution in [1.82, 2.24) is 25.1 Å². The van der Waals surface area contributed by atoms with E-state index in [1.165, 1.54) is 25.9 Å². The first-order chi connectivity index (χ1) is 16.6. The minimum atomic E-state index is 0.552. The quantitative estimate of drug-likeness (QED) is 0.327. The lowest BCUT2D eigenvalue weighted by Gasteiger charge is -2.14. The highest BCUT2D eigenvalue weighted by atomic mass is 35.5. The lowest BCUT2D eigenvalue weighted by Crippen LogP contribution is -2.20. The van der Waals surface area contributed by atoms with Gasteiger partial charge in [0.1, 0.15) is 5.69 Å². The molecule has 0 radical (unpaired) electrons. The fourth-order valence-corrected chi connectivity index (χ4v) is 3.97. The molecule has 34 heavy (non-hydrogen) atoms. The Hall–Kier alpha value is -3.16. The van der Waals surface area contributed by atoms with E-state index in [-0.39, 0.29) is 0 Å². The van der Waals surface area contributed by atoms with Crippen molar-refractivity contribution in [2.75, 3.05) is 30.3 Å². The third kappa shape index (κ3) is 7.17. The van der Waals surface area contributed by atoms with Crippen molar-refractivity contribution in [1.29, 1.82) is 0 Å². The van der Waals surface area contributed by atoms with Gasteiger partial charge in [-0.3, -0.25) is 15.1 Å². The summed E-state index contributed by atoms with van der Waals surface area (Å²) in [6.07, 6.45) is 11.6. The molecule has 4 rings (SSSR count).